The summed E-state index contributed by atoms with van der Waals surface area (Å²) in [6.07, 6.45) is 0.432. The topological polar surface area (TPSA) is 45.9 Å². The van der Waals surface area contributed by atoms with Gasteiger partial charge in [-0.25, -0.2) is 4.39 Å². The summed E-state index contributed by atoms with van der Waals surface area (Å²) in [5.41, 5.74) is 0.866. The number of morpholine rings is 1. The molecule has 2 heterocycles. The van der Waals surface area contributed by atoms with Crippen LogP contribution in [0, 0.1) is 5.82 Å². The normalized spacial score (nSPS) is 17.9. The zero-order valence-electron chi connectivity index (χ0n) is 14.6. The number of amides is 1. The fraction of sp³-hybridized carbons (Fsp3) is 0.421. The van der Waals surface area contributed by atoms with Gasteiger partial charge in [0, 0.05) is 19.5 Å². The summed E-state index contributed by atoms with van der Waals surface area (Å²) in [4.78, 5) is 16.4. The van der Waals surface area contributed by atoms with Crippen molar-refractivity contribution in [1.29, 1.82) is 0 Å². The van der Waals surface area contributed by atoms with E-state index in [-0.39, 0.29) is 17.8 Å². The summed E-state index contributed by atoms with van der Waals surface area (Å²) < 4.78 is 24.7. The van der Waals surface area contributed by atoms with E-state index in [1.54, 1.807) is 17.0 Å². The molecule has 1 fully saturated rings. The molecule has 0 spiro atoms. The summed E-state index contributed by atoms with van der Waals surface area (Å²) in [6, 6.07) is 10.0. The predicted octanol–water partition coefficient (Wildman–Crippen LogP) is 2.56. The predicted molar refractivity (Wildman–Crippen MR) is 91.8 cm³/mol. The quantitative estimate of drug-likeness (QED) is 0.835. The lowest BCUT2D eigenvalue weighted by Gasteiger charge is -2.32. The maximum absolute atomic E-state index is 13.3. The number of benzene rings is 1. The lowest BCUT2D eigenvalue weighted by Crippen LogP contribution is -2.46. The van der Waals surface area contributed by atoms with Crippen LogP contribution in [0.15, 0.2) is 40.8 Å². The van der Waals surface area contributed by atoms with Gasteiger partial charge < -0.3 is 19.0 Å². The highest BCUT2D eigenvalue weighted by molar-refractivity contribution is 5.91. The largest absolute Gasteiger partial charge is 0.455 e. The number of furan rings is 1. The van der Waals surface area contributed by atoms with Crippen LogP contribution in [0.2, 0.25) is 0 Å². The molecule has 0 bridgehead atoms. The summed E-state index contributed by atoms with van der Waals surface area (Å²) in [6.45, 7) is 2.12. The van der Waals surface area contributed by atoms with Crippen LogP contribution >= 0.6 is 0 Å². The minimum absolute atomic E-state index is 0.127. The van der Waals surface area contributed by atoms with Crippen LogP contribution < -0.4 is 0 Å². The highest BCUT2D eigenvalue weighted by atomic mass is 19.1. The van der Waals surface area contributed by atoms with Gasteiger partial charge in [-0.15, -0.1) is 0 Å². The van der Waals surface area contributed by atoms with E-state index < -0.39 is 0 Å². The van der Waals surface area contributed by atoms with Crippen molar-refractivity contribution in [3.8, 4) is 0 Å². The minimum Gasteiger partial charge on any atom is -0.455 e. The Bertz CT molecular complexity index is 729. The van der Waals surface area contributed by atoms with E-state index in [1.807, 2.05) is 31.1 Å². The average molecular weight is 346 g/mol. The molecular formula is C19H23FN2O3. The molecule has 1 atom stereocenters. The van der Waals surface area contributed by atoms with Crippen molar-refractivity contribution in [2.45, 2.75) is 19.1 Å². The number of ether oxygens (including phenoxy) is 1. The Balaban J connectivity index is 1.62. The molecule has 0 saturated carbocycles. The molecule has 1 saturated heterocycles. The second-order valence-electron chi connectivity index (χ2n) is 6.58. The van der Waals surface area contributed by atoms with Crippen LogP contribution in [0.4, 0.5) is 4.39 Å². The van der Waals surface area contributed by atoms with Gasteiger partial charge in [-0.2, -0.15) is 0 Å². The fourth-order valence-electron chi connectivity index (χ4n) is 3.00. The Kier molecular flexibility index (Phi) is 5.50. The van der Waals surface area contributed by atoms with E-state index in [2.05, 4.69) is 0 Å². The van der Waals surface area contributed by atoms with Crippen LogP contribution in [0.3, 0.4) is 0 Å². The Labute approximate surface area is 147 Å². The molecule has 2 aromatic rings. The van der Waals surface area contributed by atoms with Crippen LogP contribution in [0.25, 0.3) is 0 Å². The molecule has 0 N–H and O–H groups in total. The zero-order chi connectivity index (χ0) is 17.8. The summed E-state index contributed by atoms with van der Waals surface area (Å²) in [7, 11) is 3.89. The van der Waals surface area contributed by atoms with Gasteiger partial charge in [0.1, 0.15) is 11.6 Å². The van der Waals surface area contributed by atoms with Crippen LogP contribution in [-0.4, -0.2) is 55.6 Å². The molecule has 134 valence electrons. The van der Waals surface area contributed by atoms with Gasteiger partial charge in [-0.05, 0) is 43.9 Å². The van der Waals surface area contributed by atoms with Crippen LogP contribution in [-0.2, 0) is 17.7 Å². The maximum Gasteiger partial charge on any atom is 0.289 e. The van der Waals surface area contributed by atoms with Gasteiger partial charge in [0.15, 0.2) is 5.76 Å². The van der Waals surface area contributed by atoms with Crippen molar-refractivity contribution >= 4 is 5.91 Å². The molecule has 0 radical (unpaired) electrons. The first kappa shape index (κ1) is 17.6. The van der Waals surface area contributed by atoms with Crippen LogP contribution in [0.5, 0.6) is 0 Å². The van der Waals surface area contributed by atoms with E-state index in [9.17, 15) is 9.18 Å². The smallest absolute Gasteiger partial charge is 0.289 e. The number of hydrogen-bond acceptors (Lipinski definition) is 4. The average Bonchev–Trinajstić information content (AvgIpc) is 3.02. The SMILES string of the molecule is CN(C)Cc1ccc(C(=O)N2CCO[C@@H](Cc3cccc(F)c3)C2)o1. The highest BCUT2D eigenvalue weighted by Crippen LogP contribution is 2.17. The van der Waals surface area contributed by atoms with Gasteiger partial charge >= 0.3 is 0 Å². The van der Waals surface area contributed by atoms with Crippen LogP contribution in [0.1, 0.15) is 21.9 Å². The maximum atomic E-state index is 13.3. The van der Waals surface area contributed by atoms with Crippen molar-refractivity contribution in [1.82, 2.24) is 9.80 Å². The second kappa shape index (κ2) is 7.80. The second-order valence-corrected chi connectivity index (χ2v) is 6.58. The summed E-state index contributed by atoms with van der Waals surface area (Å²) in [5.74, 6) is 0.726. The summed E-state index contributed by atoms with van der Waals surface area (Å²) in [5, 5.41) is 0. The van der Waals surface area contributed by atoms with Gasteiger partial charge in [-0.1, -0.05) is 12.1 Å². The Morgan fingerprint density at radius 1 is 1.32 bits per heavy atom. The number of carbonyl (C=O) groups is 1. The lowest BCUT2D eigenvalue weighted by atomic mass is 10.1. The van der Waals surface area contributed by atoms with E-state index >= 15 is 0 Å². The van der Waals surface area contributed by atoms with E-state index in [1.165, 1.54) is 12.1 Å². The third-order valence-electron chi connectivity index (χ3n) is 4.12. The number of halogens is 1. The minimum atomic E-state index is -0.259. The Morgan fingerprint density at radius 2 is 2.16 bits per heavy atom. The van der Waals surface area contributed by atoms with Gasteiger partial charge in [0.05, 0.1) is 19.3 Å². The van der Waals surface area contributed by atoms with Crippen molar-refractivity contribution < 1.29 is 18.3 Å². The standard InChI is InChI=1S/C19H23FN2O3/c1-21(2)12-16-6-7-18(25-16)19(23)22-8-9-24-17(13-22)11-14-4-3-5-15(20)10-14/h3-7,10,17H,8-9,11-13H2,1-2H3/t17-/m0/s1. The number of nitrogens with zero attached hydrogens (tertiary/aromatic N) is 2. The number of hydrogen-bond donors (Lipinski definition) is 0. The third kappa shape index (κ3) is 4.67. The Morgan fingerprint density at radius 3 is 2.92 bits per heavy atom. The third-order valence-corrected chi connectivity index (χ3v) is 4.12. The van der Waals surface area contributed by atoms with Crippen molar-refractivity contribution in [3.05, 3.63) is 59.3 Å². The Hall–Kier alpha value is -2.18. The van der Waals surface area contributed by atoms with E-state index in [0.717, 1.165) is 11.3 Å². The first-order valence-electron chi connectivity index (χ1n) is 8.40. The molecule has 5 nitrogen and oxygen atoms in total. The van der Waals surface area contributed by atoms with Crippen molar-refractivity contribution in [2.24, 2.45) is 0 Å². The first-order valence-corrected chi connectivity index (χ1v) is 8.40. The molecule has 1 aliphatic rings. The molecule has 1 aliphatic heterocycles. The molecule has 1 aromatic carbocycles. The lowest BCUT2D eigenvalue weighted by molar-refractivity contribution is -0.0218. The van der Waals surface area contributed by atoms with Gasteiger partial charge in [0.25, 0.3) is 5.91 Å². The molecule has 6 heteroatoms. The molecular weight excluding hydrogens is 323 g/mol. The van der Waals surface area contributed by atoms with Gasteiger partial charge in [-0.3, -0.25) is 4.79 Å². The molecule has 0 unspecified atom stereocenters. The number of carbonyl (C=O) groups excluding carboxylic acids is 1. The van der Waals surface area contributed by atoms with Crippen molar-refractivity contribution in [2.75, 3.05) is 33.8 Å². The monoisotopic (exact) mass is 346 g/mol. The molecule has 25 heavy (non-hydrogen) atoms. The van der Waals surface area contributed by atoms with E-state index in [0.29, 0.717) is 38.4 Å². The molecule has 3 rings (SSSR count). The number of rotatable bonds is 5. The fourth-order valence-corrected chi connectivity index (χ4v) is 3.00. The zero-order valence-corrected chi connectivity index (χ0v) is 14.6. The van der Waals surface area contributed by atoms with Gasteiger partial charge in [0.2, 0.25) is 0 Å². The molecule has 1 amide bonds. The van der Waals surface area contributed by atoms with Crippen molar-refractivity contribution in [3.63, 3.8) is 0 Å². The first-order chi connectivity index (χ1) is 12.0. The molecule has 0 aliphatic carbocycles. The molecule has 1 aromatic heterocycles. The van der Waals surface area contributed by atoms with E-state index in [4.69, 9.17) is 9.15 Å². The highest BCUT2D eigenvalue weighted by Gasteiger charge is 2.27. The summed E-state index contributed by atoms with van der Waals surface area (Å²) >= 11 is 0.